The van der Waals surface area contributed by atoms with E-state index in [1.807, 2.05) is 6.92 Å². The molecule has 0 unspecified atom stereocenters. The molecule has 2 amide bonds. The summed E-state index contributed by atoms with van der Waals surface area (Å²) >= 11 is 0. The third-order valence-electron chi connectivity index (χ3n) is 6.62. The Morgan fingerprint density at radius 1 is 1.22 bits per heavy atom. The summed E-state index contributed by atoms with van der Waals surface area (Å²) in [6.07, 6.45) is 2.96. The Kier molecular flexibility index (Phi) is 5.99. The quantitative estimate of drug-likeness (QED) is 0.469. The van der Waals surface area contributed by atoms with E-state index in [4.69, 9.17) is 15.2 Å². The van der Waals surface area contributed by atoms with Gasteiger partial charge in [0, 0.05) is 55.5 Å². The van der Waals surface area contributed by atoms with E-state index in [2.05, 4.69) is 20.6 Å². The number of carbonyl (C=O) groups is 2. The lowest BCUT2D eigenvalue weighted by Gasteiger charge is -2.34. The second-order valence-corrected chi connectivity index (χ2v) is 9.25. The van der Waals surface area contributed by atoms with E-state index in [9.17, 15) is 9.59 Å². The molecule has 36 heavy (non-hydrogen) atoms. The summed E-state index contributed by atoms with van der Waals surface area (Å²) in [4.78, 5) is 34.4. The number of hydrogen-bond acceptors (Lipinski definition) is 8. The molecule has 1 aliphatic carbocycles. The molecule has 188 valence electrons. The first-order valence-corrected chi connectivity index (χ1v) is 11.7. The maximum Gasteiger partial charge on any atom is 0.413 e. The van der Waals surface area contributed by atoms with E-state index >= 15 is 4.39 Å². The molecule has 1 saturated carbocycles. The molecule has 0 atom stereocenters. The minimum Gasteiger partial charge on any atom is -0.474 e. The van der Waals surface area contributed by atoms with Crippen LogP contribution in [0.5, 0.6) is 5.88 Å². The largest absolute Gasteiger partial charge is 0.474 e. The number of anilines is 3. The fourth-order valence-corrected chi connectivity index (χ4v) is 4.57. The van der Waals surface area contributed by atoms with Crippen LogP contribution in [0, 0.1) is 18.7 Å². The van der Waals surface area contributed by atoms with Gasteiger partial charge in [-0.25, -0.2) is 19.2 Å². The van der Waals surface area contributed by atoms with Crippen molar-refractivity contribution in [2.45, 2.75) is 25.9 Å². The lowest BCUT2D eigenvalue weighted by Crippen LogP contribution is -2.43. The summed E-state index contributed by atoms with van der Waals surface area (Å²) in [6, 6.07) is 3.26. The number of nitrogens with two attached hydrogens (primary N) is 1. The zero-order valence-electron chi connectivity index (χ0n) is 20.2. The highest BCUT2D eigenvalue weighted by Gasteiger charge is 2.37. The van der Waals surface area contributed by atoms with Crippen LogP contribution in [0.15, 0.2) is 24.5 Å². The summed E-state index contributed by atoms with van der Waals surface area (Å²) < 4.78 is 26.3. The van der Waals surface area contributed by atoms with Crippen LogP contribution < -0.4 is 21.1 Å². The highest BCUT2D eigenvalue weighted by molar-refractivity contribution is 5.99. The van der Waals surface area contributed by atoms with Crippen LogP contribution in [-0.4, -0.2) is 60.2 Å². The summed E-state index contributed by atoms with van der Waals surface area (Å²) in [6.45, 7) is 3.01. The van der Waals surface area contributed by atoms with Gasteiger partial charge in [0.15, 0.2) is 5.82 Å². The second-order valence-electron chi connectivity index (χ2n) is 9.25. The Morgan fingerprint density at radius 3 is 2.75 bits per heavy atom. The number of carbonyl (C=O) groups excluding carboxylic acids is 2. The lowest BCUT2D eigenvalue weighted by molar-refractivity contribution is -0.139. The number of nitrogen functional groups attached to an aromatic ring is 1. The molecule has 3 heterocycles. The SMILES string of the molecule is Cc1c(-c2cc3cc(NC(=O)OC4CC(C(=O)N(C)C)C4)ncc3c(N)c2F)cnc2c1NCCO2. The number of fused-ring (bicyclic) bond motifs is 2. The first-order chi connectivity index (χ1) is 17.2. The summed E-state index contributed by atoms with van der Waals surface area (Å²) in [5.74, 6) is 0.0449. The first kappa shape index (κ1) is 23.6. The van der Waals surface area contributed by atoms with Gasteiger partial charge in [0.1, 0.15) is 24.2 Å². The van der Waals surface area contributed by atoms with Gasteiger partial charge in [-0.2, -0.15) is 0 Å². The van der Waals surface area contributed by atoms with Crippen LogP contribution in [0.1, 0.15) is 18.4 Å². The van der Waals surface area contributed by atoms with Crippen molar-refractivity contribution in [3.8, 4) is 17.0 Å². The van der Waals surface area contributed by atoms with Gasteiger partial charge in [0.05, 0.1) is 5.69 Å². The third kappa shape index (κ3) is 4.21. The monoisotopic (exact) mass is 494 g/mol. The number of ether oxygens (including phenoxy) is 2. The molecule has 1 aromatic carbocycles. The Balaban J connectivity index is 1.37. The van der Waals surface area contributed by atoms with Crippen LogP contribution in [0.25, 0.3) is 21.9 Å². The van der Waals surface area contributed by atoms with Crippen molar-refractivity contribution in [3.63, 3.8) is 0 Å². The number of nitrogens with one attached hydrogen (secondary N) is 2. The van der Waals surface area contributed by atoms with Gasteiger partial charge >= 0.3 is 6.09 Å². The predicted molar refractivity (Wildman–Crippen MR) is 133 cm³/mol. The van der Waals surface area contributed by atoms with Crippen LogP contribution >= 0.6 is 0 Å². The molecule has 4 N–H and O–H groups in total. The molecule has 11 heteroatoms. The van der Waals surface area contributed by atoms with Crippen molar-refractivity contribution in [1.29, 1.82) is 0 Å². The van der Waals surface area contributed by atoms with E-state index in [-0.39, 0.29) is 35.0 Å². The van der Waals surface area contributed by atoms with E-state index in [1.54, 1.807) is 32.4 Å². The summed E-state index contributed by atoms with van der Waals surface area (Å²) in [7, 11) is 3.40. The van der Waals surface area contributed by atoms with Crippen molar-refractivity contribution in [2.24, 2.45) is 5.92 Å². The lowest BCUT2D eigenvalue weighted by atomic mass is 9.81. The number of rotatable bonds is 4. The molecule has 3 aromatic rings. The fraction of sp³-hybridized carbons (Fsp3) is 0.360. The number of benzene rings is 1. The predicted octanol–water partition coefficient (Wildman–Crippen LogP) is 3.55. The standard InChI is InChI=1S/C25H27FN6O4/c1-12-17(10-30-23-22(12)28-4-5-35-23)16-8-13-9-19(29-11-18(13)21(27)20(16)26)31-25(34)36-15-6-14(7-15)24(33)32(2)3/h8-11,14-15,28H,4-7,27H2,1-3H3,(H,29,31,34). The average molecular weight is 495 g/mol. The van der Waals surface area contributed by atoms with Gasteiger partial charge in [0.2, 0.25) is 11.8 Å². The summed E-state index contributed by atoms with van der Waals surface area (Å²) in [5, 5.41) is 6.87. The van der Waals surface area contributed by atoms with Gasteiger partial charge in [-0.3, -0.25) is 10.1 Å². The Hall–Kier alpha value is -4.15. The molecule has 2 aromatic heterocycles. The van der Waals surface area contributed by atoms with Crippen LogP contribution in [0.3, 0.4) is 0 Å². The first-order valence-electron chi connectivity index (χ1n) is 11.7. The average Bonchev–Trinajstić information content (AvgIpc) is 2.83. The maximum absolute atomic E-state index is 15.3. The Morgan fingerprint density at radius 2 is 2.00 bits per heavy atom. The van der Waals surface area contributed by atoms with E-state index < -0.39 is 11.9 Å². The van der Waals surface area contributed by atoms with Crippen LogP contribution in [0.2, 0.25) is 0 Å². The minimum atomic E-state index is -0.668. The topological polar surface area (TPSA) is 132 Å². The van der Waals surface area contributed by atoms with Gasteiger partial charge in [-0.1, -0.05) is 0 Å². The van der Waals surface area contributed by atoms with Crippen molar-refractivity contribution in [3.05, 3.63) is 35.9 Å². The number of pyridine rings is 2. The van der Waals surface area contributed by atoms with Gasteiger partial charge in [-0.15, -0.1) is 0 Å². The molecule has 0 saturated heterocycles. The van der Waals surface area contributed by atoms with Crippen molar-refractivity contribution in [1.82, 2.24) is 14.9 Å². The van der Waals surface area contributed by atoms with E-state index in [0.29, 0.717) is 48.2 Å². The fourth-order valence-electron chi connectivity index (χ4n) is 4.57. The van der Waals surface area contributed by atoms with Crippen LogP contribution in [-0.2, 0) is 9.53 Å². The minimum absolute atomic E-state index is 0.0275. The summed E-state index contributed by atoms with van der Waals surface area (Å²) in [5.41, 5.74) is 8.46. The van der Waals surface area contributed by atoms with Gasteiger partial charge in [0.25, 0.3) is 0 Å². The van der Waals surface area contributed by atoms with Crippen LogP contribution in [0.4, 0.5) is 26.4 Å². The van der Waals surface area contributed by atoms with E-state index in [1.165, 1.54) is 11.1 Å². The molecular weight excluding hydrogens is 467 g/mol. The maximum atomic E-state index is 15.3. The number of amides is 2. The molecular formula is C25H27FN6O4. The third-order valence-corrected chi connectivity index (χ3v) is 6.62. The zero-order valence-corrected chi connectivity index (χ0v) is 20.2. The molecule has 1 aliphatic heterocycles. The van der Waals surface area contributed by atoms with E-state index in [0.717, 1.165) is 11.3 Å². The number of nitrogens with zero attached hydrogens (tertiary/aromatic N) is 3. The smallest absolute Gasteiger partial charge is 0.413 e. The Labute approximate surface area is 207 Å². The number of aromatic nitrogens is 2. The second kappa shape index (κ2) is 9.14. The van der Waals surface area contributed by atoms with Crippen molar-refractivity contribution < 1.29 is 23.5 Å². The molecule has 0 radical (unpaired) electrons. The highest BCUT2D eigenvalue weighted by Crippen LogP contribution is 2.39. The normalized spacial score (nSPS) is 18.3. The molecule has 5 rings (SSSR count). The van der Waals surface area contributed by atoms with Gasteiger partial charge in [-0.05, 0) is 42.8 Å². The van der Waals surface area contributed by atoms with Crippen molar-refractivity contribution >= 4 is 40.0 Å². The molecule has 10 nitrogen and oxygen atoms in total. The Bertz CT molecular complexity index is 1370. The molecule has 0 spiro atoms. The number of halogens is 1. The van der Waals surface area contributed by atoms with Gasteiger partial charge < -0.3 is 25.4 Å². The molecule has 2 aliphatic rings. The zero-order chi connectivity index (χ0) is 25.6. The molecule has 0 bridgehead atoms. The number of hydrogen-bond donors (Lipinski definition) is 3. The highest BCUT2D eigenvalue weighted by atomic mass is 19.1. The molecule has 1 fully saturated rings. The van der Waals surface area contributed by atoms with Crippen molar-refractivity contribution in [2.75, 3.05) is 43.6 Å².